The number of benzene rings is 2. The molecular formula is C26H26N4O. The number of carbonyl (C=O) groups excluding carboxylic acids is 1. The normalized spacial score (nSPS) is 18.2. The highest BCUT2D eigenvalue weighted by Gasteiger charge is 2.38. The monoisotopic (exact) mass is 410 g/mol. The number of fused-ring (bicyclic) bond motifs is 2. The fourth-order valence-corrected chi connectivity index (χ4v) is 4.91. The molecule has 0 aliphatic carbocycles. The van der Waals surface area contributed by atoms with E-state index in [1.807, 2.05) is 53.0 Å². The van der Waals surface area contributed by atoms with Crippen LogP contribution < -0.4 is 0 Å². The summed E-state index contributed by atoms with van der Waals surface area (Å²) in [6.07, 6.45) is 3.49. The number of amides is 1. The van der Waals surface area contributed by atoms with E-state index in [1.165, 1.54) is 11.1 Å². The number of aromatic nitrogens is 3. The Bertz CT molecular complexity index is 1260. The first kappa shape index (κ1) is 19.5. The molecule has 2 aromatic carbocycles. The van der Waals surface area contributed by atoms with Gasteiger partial charge in [0.1, 0.15) is 0 Å². The third-order valence-corrected chi connectivity index (χ3v) is 6.43. The van der Waals surface area contributed by atoms with Gasteiger partial charge in [0.25, 0.3) is 5.91 Å². The summed E-state index contributed by atoms with van der Waals surface area (Å²) in [6.45, 7) is 4.26. The largest absolute Gasteiger partial charge is 0.327 e. The molecule has 0 fully saturated rings. The van der Waals surface area contributed by atoms with Gasteiger partial charge < -0.3 is 4.90 Å². The van der Waals surface area contributed by atoms with E-state index in [0.29, 0.717) is 5.56 Å². The maximum atomic E-state index is 13.7. The second kappa shape index (κ2) is 7.65. The highest BCUT2D eigenvalue weighted by molar-refractivity contribution is 5.98. The van der Waals surface area contributed by atoms with Gasteiger partial charge in [0.15, 0.2) is 0 Å². The van der Waals surface area contributed by atoms with E-state index in [4.69, 9.17) is 5.10 Å². The van der Waals surface area contributed by atoms with Gasteiger partial charge in [-0.25, -0.2) is 0 Å². The van der Waals surface area contributed by atoms with Crippen LogP contribution in [0.2, 0.25) is 0 Å². The average molecular weight is 411 g/mol. The predicted octanol–water partition coefficient (Wildman–Crippen LogP) is 5.17. The van der Waals surface area contributed by atoms with Crippen LogP contribution >= 0.6 is 0 Å². The van der Waals surface area contributed by atoms with Crippen molar-refractivity contribution < 1.29 is 4.79 Å². The van der Waals surface area contributed by atoms with Gasteiger partial charge in [-0.05, 0) is 44.0 Å². The summed E-state index contributed by atoms with van der Waals surface area (Å²) in [5, 5.41) is 5.85. The van der Waals surface area contributed by atoms with Crippen LogP contribution in [0.25, 0.3) is 22.2 Å². The fourth-order valence-electron chi connectivity index (χ4n) is 4.91. The molecule has 5 rings (SSSR count). The Morgan fingerprint density at radius 3 is 2.68 bits per heavy atom. The number of carbonyl (C=O) groups is 1. The number of pyridine rings is 1. The molecule has 31 heavy (non-hydrogen) atoms. The minimum absolute atomic E-state index is 0.0580. The van der Waals surface area contributed by atoms with Gasteiger partial charge in [0, 0.05) is 41.4 Å². The lowest BCUT2D eigenvalue weighted by molar-refractivity contribution is 0.0546. The Morgan fingerprint density at radius 2 is 1.90 bits per heavy atom. The van der Waals surface area contributed by atoms with Crippen LogP contribution in [0.15, 0.2) is 66.9 Å². The highest BCUT2D eigenvalue weighted by atomic mass is 16.2. The molecule has 3 heterocycles. The van der Waals surface area contributed by atoms with Crippen LogP contribution in [-0.4, -0.2) is 31.6 Å². The first-order valence-corrected chi connectivity index (χ1v) is 10.9. The molecule has 0 saturated heterocycles. The number of rotatable bonds is 3. The third-order valence-electron chi connectivity index (χ3n) is 6.43. The number of hydrogen-bond acceptors (Lipinski definition) is 3. The molecule has 5 nitrogen and oxygen atoms in total. The lowest BCUT2D eigenvalue weighted by Crippen LogP contribution is -2.46. The van der Waals surface area contributed by atoms with Gasteiger partial charge in [0.05, 0.1) is 22.9 Å². The summed E-state index contributed by atoms with van der Waals surface area (Å²) in [6, 6.07) is 20.1. The summed E-state index contributed by atoms with van der Waals surface area (Å²) >= 11 is 0. The fraction of sp³-hybridized carbons (Fsp3) is 0.269. The van der Waals surface area contributed by atoms with Crippen molar-refractivity contribution in [3.05, 3.63) is 83.7 Å². The van der Waals surface area contributed by atoms with Gasteiger partial charge in [-0.2, -0.15) is 5.10 Å². The molecule has 156 valence electrons. The topological polar surface area (TPSA) is 51.0 Å². The van der Waals surface area contributed by atoms with Crippen LogP contribution in [0.4, 0.5) is 0 Å². The maximum Gasteiger partial charge on any atom is 0.254 e. The van der Waals surface area contributed by atoms with Crippen molar-refractivity contribution in [3.8, 4) is 11.3 Å². The molecule has 2 atom stereocenters. The SMILES string of the molecule is CCC1Cc2c(nn(C)c2-c2ccccc2)C(C)N1C(=O)c1ccc2ncccc2c1. The van der Waals surface area contributed by atoms with Crippen molar-refractivity contribution in [2.24, 2.45) is 7.05 Å². The Hall–Kier alpha value is -3.47. The third kappa shape index (κ3) is 3.21. The molecule has 1 amide bonds. The van der Waals surface area contributed by atoms with Gasteiger partial charge in [-0.15, -0.1) is 0 Å². The summed E-state index contributed by atoms with van der Waals surface area (Å²) < 4.78 is 1.97. The molecule has 1 aliphatic rings. The average Bonchev–Trinajstić information content (AvgIpc) is 3.14. The van der Waals surface area contributed by atoms with Crippen molar-refractivity contribution in [2.75, 3.05) is 0 Å². The Morgan fingerprint density at radius 1 is 1.10 bits per heavy atom. The molecule has 0 N–H and O–H groups in total. The van der Waals surface area contributed by atoms with Crippen molar-refractivity contribution in [1.29, 1.82) is 0 Å². The van der Waals surface area contributed by atoms with Crippen LogP contribution in [0.3, 0.4) is 0 Å². The second-order valence-corrected chi connectivity index (χ2v) is 8.27. The molecule has 4 aromatic rings. The minimum Gasteiger partial charge on any atom is -0.327 e. The lowest BCUT2D eigenvalue weighted by Gasteiger charge is -2.40. The van der Waals surface area contributed by atoms with E-state index >= 15 is 0 Å². The van der Waals surface area contributed by atoms with Gasteiger partial charge in [-0.1, -0.05) is 43.3 Å². The summed E-state index contributed by atoms with van der Waals surface area (Å²) in [5.74, 6) is 0.0580. The molecule has 2 aromatic heterocycles. The molecule has 0 bridgehead atoms. The Kier molecular flexibility index (Phi) is 4.81. The van der Waals surface area contributed by atoms with Gasteiger partial charge in [-0.3, -0.25) is 14.5 Å². The quantitative estimate of drug-likeness (QED) is 0.468. The molecular weight excluding hydrogens is 384 g/mol. The number of hydrogen-bond donors (Lipinski definition) is 0. The van der Waals surface area contributed by atoms with E-state index in [1.54, 1.807) is 6.20 Å². The van der Waals surface area contributed by atoms with Crippen molar-refractivity contribution >= 4 is 16.8 Å². The zero-order valence-corrected chi connectivity index (χ0v) is 18.1. The van der Waals surface area contributed by atoms with Crippen molar-refractivity contribution in [1.82, 2.24) is 19.7 Å². The molecule has 2 unspecified atom stereocenters. The van der Waals surface area contributed by atoms with Crippen LogP contribution in [0.1, 0.15) is 47.9 Å². The van der Waals surface area contributed by atoms with E-state index in [-0.39, 0.29) is 18.0 Å². The number of nitrogens with zero attached hydrogens (tertiary/aromatic N) is 4. The van der Waals surface area contributed by atoms with Gasteiger partial charge >= 0.3 is 0 Å². The summed E-state index contributed by atoms with van der Waals surface area (Å²) in [7, 11) is 2.00. The number of aryl methyl sites for hydroxylation is 1. The lowest BCUT2D eigenvalue weighted by atomic mass is 9.89. The van der Waals surface area contributed by atoms with Crippen LogP contribution in [0, 0.1) is 0 Å². The molecule has 0 saturated carbocycles. The first-order valence-electron chi connectivity index (χ1n) is 10.9. The van der Waals surface area contributed by atoms with Crippen molar-refractivity contribution in [2.45, 2.75) is 38.8 Å². The zero-order chi connectivity index (χ0) is 21.5. The Labute approximate surface area is 182 Å². The first-order chi connectivity index (χ1) is 15.1. The maximum absolute atomic E-state index is 13.7. The standard InChI is InChI=1S/C26H26N4O/c1-4-21-16-22-24(28-29(3)25(22)18-9-6-5-7-10-18)17(2)30(21)26(31)20-12-13-23-19(15-20)11-8-14-27-23/h5-15,17,21H,4,16H2,1-3H3. The zero-order valence-electron chi connectivity index (χ0n) is 18.1. The second-order valence-electron chi connectivity index (χ2n) is 8.27. The molecule has 0 radical (unpaired) electrons. The smallest absolute Gasteiger partial charge is 0.254 e. The van der Waals surface area contributed by atoms with E-state index in [9.17, 15) is 4.79 Å². The highest BCUT2D eigenvalue weighted by Crippen LogP contribution is 2.39. The summed E-state index contributed by atoms with van der Waals surface area (Å²) in [5.41, 5.74) is 6.19. The Balaban J connectivity index is 1.56. The van der Waals surface area contributed by atoms with Crippen LogP contribution in [-0.2, 0) is 13.5 Å². The predicted molar refractivity (Wildman–Crippen MR) is 123 cm³/mol. The molecule has 5 heteroatoms. The van der Waals surface area contributed by atoms with Gasteiger partial charge in [0.2, 0.25) is 0 Å². The van der Waals surface area contributed by atoms with E-state index < -0.39 is 0 Å². The van der Waals surface area contributed by atoms with E-state index in [0.717, 1.165) is 35.1 Å². The molecule has 1 aliphatic heterocycles. The van der Waals surface area contributed by atoms with Crippen LogP contribution in [0.5, 0.6) is 0 Å². The van der Waals surface area contributed by atoms with Crippen molar-refractivity contribution in [3.63, 3.8) is 0 Å². The molecule has 0 spiro atoms. The van der Waals surface area contributed by atoms with E-state index in [2.05, 4.69) is 43.1 Å². The summed E-state index contributed by atoms with van der Waals surface area (Å²) in [4.78, 5) is 20.1. The minimum atomic E-state index is -0.0885.